The Bertz CT molecular complexity index is 657. The number of carboxylic acids is 1. The Morgan fingerprint density at radius 2 is 2.00 bits per heavy atom. The number of carboxylic acid groups (broad SMARTS) is 1. The molecule has 0 aliphatic rings. The van der Waals surface area contributed by atoms with E-state index in [1.54, 1.807) is 6.92 Å². The standard InChI is InChI=1S/C13H16ClNO5S/c1-8(13(17)18)5-6-15-12(16)9-3-4-10(14)11(7-9)21(2,19)20/h3-4,7-8H,5-6H2,1-2H3,(H,15,16)(H,17,18). The van der Waals surface area contributed by atoms with Crippen LogP contribution in [0.3, 0.4) is 0 Å². The van der Waals surface area contributed by atoms with Gasteiger partial charge in [0.1, 0.15) is 0 Å². The molecule has 0 aliphatic carbocycles. The molecule has 0 saturated carbocycles. The molecule has 1 unspecified atom stereocenters. The molecule has 116 valence electrons. The molecule has 0 fully saturated rings. The van der Waals surface area contributed by atoms with Crippen molar-refractivity contribution in [3.63, 3.8) is 0 Å². The molecule has 8 heteroatoms. The Labute approximate surface area is 128 Å². The maximum absolute atomic E-state index is 11.9. The lowest BCUT2D eigenvalue weighted by Gasteiger charge is -2.09. The van der Waals surface area contributed by atoms with Crippen LogP contribution in [0.5, 0.6) is 0 Å². The van der Waals surface area contributed by atoms with Crippen LogP contribution in [0.25, 0.3) is 0 Å². The van der Waals surface area contributed by atoms with Gasteiger partial charge in [0.15, 0.2) is 9.84 Å². The molecule has 2 N–H and O–H groups in total. The molecule has 1 aromatic carbocycles. The first kappa shape index (κ1) is 17.5. The largest absolute Gasteiger partial charge is 0.481 e. The number of halogens is 1. The fourth-order valence-electron chi connectivity index (χ4n) is 1.56. The summed E-state index contributed by atoms with van der Waals surface area (Å²) in [5.41, 5.74) is 0.155. The molecule has 1 aromatic rings. The number of carbonyl (C=O) groups excluding carboxylic acids is 1. The number of hydrogen-bond acceptors (Lipinski definition) is 4. The van der Waals surface area contributed by atoms with Gasteiger partial charge >= 0.3 is 5.97 Å². The lowest BCUT2D eigenvalue weighted by Crippen LogP contribution is -2.27. The minimum Gasteiger partial charge on any atom is -0.481 e. The summed E-state index contributed by atoms with van der Waals surface area (Å²) in [4.78, 5) is 22.4. The lowest BCUT2D eigenvalue weighted by molar-refractivity contribution is -0.141. The number of aliphatic carboxylic acids is 1. The predicted octanol–water partition coefficient (Wildman–Crippen LogP) is 1.58. The fraction of sp³-hybridized carbons (Fsp3) is 0.385. The number of carbonyl (C=O) groups is 2. The van der Waals surface area contributed by atoms with E-state index in [1.807, 2.05) is 0 Å². The van der Waals surface area contributed by atoms with Crippen molar-refractivity contribution >= 4 is 33.3 Å². The fourth-order valence-corrected chi connectivity index (χ4v) is 2.86. The summed E-state index contributed by atoms with van der Waals surface area (Å²) in [6, 6.07) is 3.95. The van der Waals surface area contributed by atoms with Crippen molar-refractivity contribution in [2.45, 2.75) is 18.2 Å². The van der Waals surface area contributed by atoms with Crippen molar-refractivity contribution in [2.75, 3.05) is 12.8 Å². The van der Waals surface area contributed by atoms with Gasteiger partial charge in [-0.25, -0.2) is 8.42 Å². The highest BCUT2D eigenvalue weighted by molar-refractivity contribution is 7.90. The molecule has 0 radical (unpaired) electrons. The Hall–Kier alpha value is -1.60. The first-order valence-corrected chi connectivity index (χ1v) is 8.40. The van der Waals surface area contributed by atoms with E-state index in [2.05, 4.69) is 5.32 Å². The maximum Gasteiger partial charge on any atom is 0.306 e. The third-order valence-corrected chi connectivity index (χ3v) is 4.46. The lowest BCUT2D eigenvalue weighted by atomic mass is 10.1. The van der Waals surface area contributed by atoms with Crippen molar-refractivity contribution in [3.05, 3.63) is 28.8 Å². The van der Waals surface area contributed by atoms with Crippen molar-refractivity contribution < 1.29 is 23.1 Å². The minimum absolute atomic E-state index is 0.0496. The summed E-state index contributed by atoms with van der Waals surface area (Å²) in [6.45, 7) is 1.72. The van der Waals surface area contributed by atoms with Gasteiger partial charge < -0.3 is 10.4 Å². The number of amides is 1. The summed E-state index contributed by atoms with van der Waals surface area (Å²) in [7, 11) is -3.52. The second kappa shape index (κ2) is 6.91. The van der Waals surface area contributed by atoms with E-state index >= 15 is 0 Å². The maximum atomic E-state index is 11.9. The molecule has 0 aromatic heterocycles. The average Bonchev–Trinajstić information content (AvgIpc) is 2.37. The topological polar surface area (TPSA) is 101 Å². The quantitative estimate of drug-likeness (QED) is 0.823. The molecule has 0 aliphatic heterocycles. The van der Waals surface area contributed by atoms with Gasteiger partial charge in [-0.15, -0.1) is 0 Å². The van der Waals surface area contributed by atoms with Crippen LogP contribution in [-0.4, -0.2) is 38.2 Å². The van der Waals surface area contributed by atoms with E-state index in [0.717, 1.165) is 6.26 Å². The Balaban J connectivity index is 2.78. The van der Waals surface area contributed by atoms with Gasteiger partial charge in [0, 0.05) is 18.4 Å². The van der Waals surface area contributed by atoms with E-state index in [1.165, 1.54) is 18.2 Å². The van der Waals surface area contributed by atoms with Crippen LogP contribution >= 0.6 is 11.6 Å². The molecule has 0 saturated heterocycles. The first-order valence-electron chi connectivity index (χ1n) is 6.13. The van der Waals surface area contributed by atoms with Crippen molar-refractivity contribution in [2.24, 2.45) is 5.92 Å². The average molecular weight is 334 g/mol. The van der Waals surface area contributed by atoms with E-state index in [0.29, 0.717) is 0 Å². The molecule has 0 bridgehead atoms. The van der Waals surface area contributed by atoms with E-state index in [9.17, 15) is 18.0 Å². The summed E-state index contributed by atoms with van der Waals surface area (Å²) in [5, 5.41) is 11.3. The zero-order chi connectivity index (χ0) is 16.2. The van der Waals surface area contributed by atoms with Crippen LogP contribution in [0.1, 0.15) is 23.7 Å². The monoisotopic (exact) mass is 333 g/mol. The SMILES string of the molecule is CC(CCNC(=O)c1ccc(Cl)c(S(C)(=O)=O)c1)C(=O)O. The number of rotatable bonds is 6. The van der Waals surface area contributed by atoms with Crippen LogP contribution < -0.4 is 5.32 Å². The zero-order valence-corrected chi connectivity index (χ0v) is 13.2. The number of hydrogen-bond donors (Lipinski definition) is 2. The molecule has 1 rings (SSSR count). The molecular formula is C13H16ClNO5S. The van der Waals surface area contributed by atoms with Gasteiger partial charge in [-0.2, -0.15) is 0 Å². The number of benzene rings is 1. The molecule has 21 heavy (non-hydrogen) atoms. The Morgan fingerprint density at radius 3 is 2.52 bits per heavy atom. The molecule has 1 atom stereocenters. The predicted molar refractivity (Wildman–Crippen MR) is 78.3 cm³/mol. The highest BCUT2D eigenvalue weighted by Gasteiger charge is 2.16. The molecule has 1 amide bonds. The number of nitrogens with one attached hydrogen (secondary N) is 1. The van der Waals surface area contributed by atoms with Crippen molar-refractivity contribution in [1.82, 2.24) is 5.32 Å². The van der Waals surface area contributed by atoms with Crippen molar-refractivity contribution in [1.29, 1.82) is 0 Å². The van der Waals surface area contributed by atoms with Crippen LogP contribution in [0.2, 0.25) is 5.02 Å². The normalized spacial score (nSPS) is 12.7. The van der Waals surface area contributed by atoms with Crippen LogP contribution in [0.4, 0.5) is 0 Å². The third kappa shape index (κ3) is 5.02. The second-order valence-electron chi connectivity index (χ2n) is 4.70. The summed E-state index contributed by atoms with van der Waals surface area (Å²) in [5.74, 6) is -1.98. The van der Waals surface area contributed by atoms with Gasteiger partial charge in [0.25, 0.3) is 5.91 Å². The van der Waals surface area contributed by atoms with Gasteiger partial charge in [-0.1, -0.05) is 18.5 Å². The molecule has 6 nitrogen and oxygen atoms in total. The Kier molecular flexibility index (Phi) is 5.74. The highest BCUT2D eigenvalue weighted by atomic mass is 35.5. The highest BCUT2D eigenvalue weighted by Crippen LogP contribution is 2.22. The van der Waals surface area contributed by atoms with E-state index in [4.69, 9.17) is 16.7 Å². The summed E-state index contributed by atoms with van der Waals surface area (Å²) < 4.78 is 23.1. The van der Waals surface area contributed by atoms with Crippen LogP contribution in [0.15, 0.2) is 23.1 Å². The van der Waals surface area contributed by atoms with Gasteiger partial charge in [-0.05, 0) is 24.6 Å². The van der Waals surface area contributed by atoms with Gasteiger partial charge in [0.2, 0.25) is 0 Å². The number of sulfone groups is 1. The minimum atomic E-state index is -3.52. The zero-order valence-electron chi connectivity index (χ0n) is 11.6. The molecule has 0 spiro atoms. The third-order valence-electron chi connectivity index (χ3n) is 2.88. The van der Waals surface area contributed by atoms with Crippen LogP contribution in [0, 0.1) is 5.92 Å². The van der Waals surface area contributed by atoms with Crippen LogP contribution in [-0.2, 0) is 14.6 Å². The molecule has 0 heterocycles. The smallest absolute Gasteiger partial charge is 0.306 e. The summed E-state index contributed by atoms with van der Waals surface area (Å²) in [6.07, 6.45) is 1.29. The summed E-state index contributed by atoms with van der Waals surface area (Å²) >= 11 is 5.79. The van der Waals surface area contributed by atoms with E-state index in [-0.39, 0.29) is 28.4 Å². The van der Waals surface area contributed by atoms with E-state index < -0.39 is 27.6 Å². The van der Waals surface area contributed by atoms with Gasteiger partial charge in [-0.3, -0.25) is 9.59 Å². The molecular weight excluding hydrogens is 318 g/mol. The van der Waals surface area contributed by atoms with Crippen molar-refractivity contribution in [3.8, 4) is 0 Å². The first-order chi connectivity index (χ1) is 9.62. The van der Waals surface area contributed by atoms with Gasteiger partial charge in [0.05, 0.1) is 15.8 Å². The second-order valence-corrected chi connectivity index (χ2v) is 7.09. The Morgan fingerprint density at radius 1 is 1.38 bits per heavy atom.